The molecule has 0 fully saturated rings. The van der Waals surface area contributed by atoms with Crippen LogP contribution in [0.1, 0.15) is 45.7 Å². The minimum Gasteiger partial charge on any atom is -0.504 e. The molecule has 8 heteroatoms. The third-order valence-electron chi connectivity index (χ3n) is 4.59. The van der Waals surface area contributed by atoms with Gasteiger partial charge < -0.3 is 29.2 Å². The Kier molecular flexibility index (Phi) is 6.91. The van der Waals surface area contributed by atoms with Crippen LogP contribution >= 0.6 is 0 Å². The smallest absolute Gasteiger partial charge is 0.208 e. The Balaban J connectivity index is 2.08. The fourth-order valence-electron chi connectivity index (χ4n) is 3.23. The van der Waals surface area contributed by atoms with Crippen LogP contribution in [-0.4, -0.2) is 61.4 Å². The molecule has 0 bridgehead atoms. The summed E-state index contributed by atoms with van der Waals surface area (Å²) in [5.74, 6) is -2.71. The maximum Gasteiger partial charge on any atom is 0.208 e. The van der Waals surface area contributed by atoms with Crippen LogP contribution in [0.15, 0.2) is 24.3 Å². The van der Waals surface area contributed by atoms with Crippen molar-refractivity contribution in [3.05, 3.63) is 46.5 Å². The van der Waals surface area contributed by atoms with Crippen molar-refractivity contribution in [2.24, 2.45) is 0 Å². The van der Waals surface area contributed by atoms with Crippen LogP contribution in [0.5, 0.6) is 23.0 Å². The van der Waals surface area contributed by atoms with Crippen molar-refractivity contribution < 1.29 is 38.7 Å². The Bertz CT molecular complexity index is 875. The quantitative estimate of drug-likeness (QED) is 0.383. The number of carbonyl (C=O) groups excluding carboxylic acids is 2. The molecule has 8 nitrogen and oxygen atoms in total. The van der Waals surface area contributed by atoms with E-state index in [1.54, 1.807) is 12.1 Å². The summed E-state index contributed by atoms with van der Waals surface area (Å²) in [5, 5.41) is 21.7. The fourth-order valence-corrected chi connectivity index (χ4v) is 3.23. The minimum atomic E-state index is -0.580. The maximum atomic E-state index is 13.0. The van der Waals surface area contributed by atoms with Crippen LogP contribution in [-0.2, 0) is 9.47 Å². The van der Waals surface area contributed by atoms with Gasteiger partial charge in [0.2, 0.25) is 11.5 Å². The first-order valence-corrected chi connectivity index (χ1v) is 9.74. The number of carbonyl (C=O) groups is 2. The molecule has 2 aromatic carbocycles. The third kappa shape index (κ3) is 3.96. The van der Waals surface area contributed by atoms with Gasteiger partial charge in [-0.1, -0.05) is 24.3 Å². The summed E-state index contributed by atoms with van der Waals surface area (Å²) < 4.78 is 21.6. The van der Waals surface area contributed by atoms with Crippen LogP contribution in [0, 0.1) is 0 Å². The molecule has 0 unspecified atom stereocenters. The van der Waals surface area contributed by atoms with Crippen LogP contribution < -0.4 is 9.47 Å². The number of fused-ring (bicyclic) bond motifs is 2. The lowest BCUT2D eigenvalue weighted by Gasteiger charge is -2.23. The Labute approximate surface area is 173 Å². The normalized spacial score (nSPS) is 12.5. The van der Waals surface area contributed by atoms with Gasteiger partial charge in [0, 0.05) is 24.3 Å². The molecule has 0 saturated heterocycles. The average molecular weight is 416 g/mol. The molecule has 0 aliphatic heterocycles. The van der Waals surface area contributed by atoms with E-state index < -0.39 is 23.1 Å². The molecular formula is C22H24O8. The summed E-state index contributed by atoms with van der Waals surface area (Å²) in [7, 11) is 0. The van der Waals surface area contributed by atoms with Gasteiger partial charge in [0.25, 0.3) is 0 Å². The van der Waals surface area contributed by atoms with Crippen LogP contribution in [0.25, 0.3) is 0 Å². The summed E-state index contributed by atoms with van der Waals surface area (Å²) >= 11 is 0. The van der Waals surface area contributed by atoms with Crippen molar-refractivity contribution in [1.29, 1.82) is 0 Å². The van der Waals surface area contributed by atoms with E-state index in [-0.39, 0.29) is 60.2 Å². The van der Waals surface area contributed by atoms with Crippen molar-refractivity contribution in [1.82, 2.24) is 0 Å². The maximum absolute atomic E-state index is 13.0. The molecule has 0 heterocycles. The zero-order valence-electron chi connectivity index (χ0n) is 16.9. The zero-order chi connectivity index (χ0) is 21.7. The van der Waals surface area contributed by atoms with Gasteiger partial charge in [-0.25, -0.2) is 0 Å². The van der Waals surface area contributed by atoms with Crippen molar-refractivity contribution in [2.45, 2.75) is 13.8 Å². The third-order valence-corrected chi connectivity index (χ3v) is 4.59. The zero-order valence-corrected chi connectivity index (χ0v) is 16.9. The number of phenolic OH excluding ortho intramolecular Hbond substituents is 2. The highest BCUT2D eigenvalue weighted by molar-refractivity contribution is 6.30. The highest BCUT2D eigenvalue weighted by Gasteiger charge is 2.39. The number of hydrogen-bond acceptors (Lipinski definition) is 8. The van der Waals surface area contributed by atoms with Gasteiger partial charge in [-0.05, 0) is 13.8 Å². The van der Waals surface area contributed by atoms with Gasteiger partial charge >= 0.3 is 0 Å². The van der Waals surface area contributed by atoms with E-state index in [0.717, 1.165) is 0 Å². The Morgan fingerprint density at radius 2 is 1.10 bits per heavy atom. The van der Waals surface area contributed by atoms with Gasteiger partial charge in [-0.15, -0.1) is 0 Å². The number of ether oxygens (including phenoxy) is 4. The van der Waals surface area contributed by atoms with Gasteiger partial charge in [0.05, 0.1) is 24.3 Å². The number of rotatable bonds is 10. The molecule has 0 saturated carbocycles. The monoisotopic (exact) mass is 416 g/mol. The minimum absolute atomic E-state index is 0.0418. The summed E-state index contributed by atoms with van der Waals surface area (Å²) in [6.45, 7) is 5.14. The molecule has 0 spiro atoms. The highest BCUT2D eigenvalue weighted by Crippen LogP contribution is 2.51. The molecule has 2 aromatic rings. The van der Waals surface area contributed by atoms with E-state index in [9.17, 15) is 19.8 Å². The van der Waals surface area contributed by atoms with Crippen molar-refractivity contribution in [2.75, 3.05) is 39.6 Å². The fraction of sp³-hybridized carbons (Fsp3) is 0.364. The average Bonchev–Trinajstić information content (AvgIpc) is 2.75. The second kappa shape index (κ2) is 9.60. The summed E-state index contributed by atoms with van der Waals surface area (Å²) in [6, 6.07) is 6.24. The molecule has 0 aromatic heterocycles. The predicted octanol–water partition coefficient (Wildman–Crippen LogP) is 2.70. The Morgan fingerprint density at radius 3 is 1.47 bits per heavy atom. The molecule has 1 aliphatic rings. The largest absolute Gasteiger partial charge is 0.504 e. The molecule has 0 atom stereocenters. The van der Waals surface area contributed by atoms with Gasteiger partial charge in [0.1, 0.15) is 13.2 Å². The molecule has 30 heavy (non-hydrogen) atoms. The Hall–Kier alpha value is -3.10. The van der Waals surface area contributed by atoms with Crippen molar-refractivity contribution in [3.8, 4) is 23.0 Å². The second-order valence-corrected chi connectivity index (χ2v) is 6.40. The molecule has 160 valence electrons. The first-order valence-electron chi connectivity index (χ1n) is 9.74. The number of ketones is 2. The van der Waals surface area contributed by atoms with E-state index in [4.69, 9.17) is 18.9 Å². The van der Waals surface area contributed by atoms with E-state index in [0.29, 0.717) is 13.2 Å². The van der Waals surface area contributed by atoms with Gasteiger partial charge in [-0.3, -0.25) is 9.59 Å². The van der Waals surface area contributed by atoms with Crippen molar-refractivity contribution in [3.63, 3.8) is 0 Å². The molecule has 1 aliphatic carbocycles. The van der Waals surface area contributed by atoms with E-state index in [1.807, 2.05) is 13.8 Å². The number of aromatic hydroxyl groups is 2. The topological polar surface area (TPSA) is 112 Å². The van der Waals surface area contributed by atoms with Crippen LogP contribution in [0.3, 0.4) is 0 Å². The second-order valence-electron chi connectivity index (χ2n) is 6.40. The number of hydrogen-bond donors (Lipinski definition) is 2. The highest BCUT2D eigenvalue weighted by atomic mass is 16.6. The van der Waals surface area contributed by atoms with Gasteiger partial charge in [0.15, 0.2) is 23.1 Å². The molecular weight excluding hydrogens is 392 g/mol. The number of phenols is 2. The summed E-state index contributed by atoms with van der Waals surface area (Å²) in [4.78, 5) is 26.0. The lowest BCUT2D eigenvalue weighted by Crippen LogP contribution is -2.22. The predicted molar refractivity (Wildman–Crippen MR) is 107 cm³/mol. The Morgan fingerprint density at radius 1 is 0.700 bits per heavy atom. The molecule has 0 radical (unpaired) electrons. The summed E-state index contributed by atoms with van der Waals surface area (Å²) in [5.41, 5.74) is -0.315. The van der Waals surface area contributed by atoms with E-state index in [2.05, 4.69) is 0 Å². The SMILES string of the molecule is CCOCCOc1c(O)c2c(c(O)c1OCCOCC)C(=O)c1ccccc1C2=O. The molecule has 0 amide bonds. The standard InChI is InChI=1S/C22H24O8/c1-3-27-9-11-29-21-19(25)15-16(20(26)22(21)30-12-10-28-4-2)18(24)14-8-6-5-7-13(14)17(15)23/h5-8,25-26H,3-4,9-12H2,1-2H3. The lowest BCUT2D eigenvalue weighted by atomic mass is 9.82. The van der Waals surface area contributed by atoms with Gasteiger partial charge in [-0.2, -0.15) is 0 Å². The first-order chi connectivity index (χ1) is 14.5. The van der Waals surface area contributed by atoms with E-state index in [1.165, 1.54) is 12.1 Å². The molecule has 3 rings (SSSR count). The van der Waals surface area contributed by atoms with Crippen LogP contribution in [0.2, 0.25) is 0 Å². The lowest BCUT2D eigenvalue weighted by molar-refractivity contribution is 0.0942. The van der Waals surface area contributed by atoms with Crippen molar-refractivity contribution >= 4 is 11.6 Å². The van der Waals surface area contributed by atoms with E-state index >= 15 is 0 Å². The molecule has 2 N–H and O–H groups in total. The number of benzene rings is 2. The summed E-state index contributed by atoms with van der Waals surface area (Å²) in [6.07, 6.45) is 0. The van der Waals surface area contributed by atoms with Crippen LogP contribution in [0.4, 0.5) is 0 Å². The first kappa shape index (κ1) is 21.6.